The standard InChI is InChI=1S/C20H23N7/c1-2-4-17-16(3-1)19(23-14-5-6-14)26-20(24-17)25-18-13-15(7-8-22-18)27-11-9-21-10-12-27/h1-4,7-8,13-14,21H,5-6,9-12H2,(H2,22,23,24,25,26). The number of hydrogen-bond donors (Lipinski definition) is 3. The van der Waals surface area contributed by atoms with Crippen molar-refractivity contribution >= 4 is 34.2 Å². The Kier molecular flexibility index (Phi) is 4.21. The van der Waals surface area contributed by atoms with Gasteiger partial charge in [0.1, 0.15) is 11.6 Å². The molecular weight excluding hydrogens is 338 g/mol. The smallest absolute Gasteiger partial charge is 0.230 e. The molecule has 0 spiro atoms. The summed E-state index contributed by atoms with van der Waals surface area (Å²) in [4.78, 5) is 16.2. The number of fused-ring (bicyclic) bond motifs is 1. The van der Waals surface area contributed by atoms with Crippen molar-refractivity contribution in [2.75, 3.05) is 41.7 Å². The number of hydrogen-bond acceptors (Lipinski definition) is 7. The highest BCUT2D eigenvalue weighted by Crippen LogP contribution is 2.29. The number of pyridine rings is 1. The minimum absolute atomic E-state index is 0.533. The van der Waals surface area contributed by atoms with E-state index in [1.165, 1.54) is 18.5 Å². The van der Waals surface area contributed by atoms with Gasteiger partial charge in [-0.3, -0.25) is 0 Å². The predicted molar refractivity (Wildman–Crippen MR) is 109 cm³/mol. The average molecular weight is 361 g/mol. The number of benzene rings is 1. The molecule has 3 N–H and O–H groups in total. The van der Waals surface area contributed by atoms with Gasteiger partial charge in [0, 0.05) is 55.6 Å². The average Bonchev–Trinajstić information content (AvgIpc) is 3.53. The Morgan fingerprint density at radius 2 is 1.89 bits per heavy atom. The summed E-state index contributed by atoms with van der Waals surface area (Å²) in [6, 6.07) is 12.8. The van der Waals surface area contributed by atoms with Crippen LogP contribution in [0.2, 0.25) is 0 Å². The molecular formula is C20H23N7. The summed E-state index contributed by atoms with van der Waals surface area (Å²) >= 11 is 0. The summed E-state index contributed by atoms with van der Waals surface area (Å²) in [5, 5.41) is 11.3. The predicted octanol–water partition coefficient (Wildman–Crippen LogP) is 2.75. The first kappa shape index (κ1) is 16.3. The lowest BCUT2D eigenvalue weighted by atomic mass is 10.2. The van der Waals surface area contributed by atoms with E-state index in [-0.39, 0.29) is 0 Å². The molecule has 2 aromatic heterocycles. The van der Waals surface area contributed by atoms with Crippen molar-refractivity contribution in [3.8, 4) is 0 Å². The molecule has 1 aliphatic heterocycles. The van der Waals surface area contributed by atoms with Crippen LogP contribution in [0.3, 0.4) is 0 Å². The SMILES string of the molecule is c1ccc2c(NC3CC3)nc(Nc3cc(N4CCNCC4)ccn3)nc2c1. The Morgan fingerprint density at radius 3 is 2.74 bits per heavy atom. The zero-order valence-electron chi connectivity index (χ0n) is 15.2. The van der Waals surface area contributed by atoms with Gasteiger partial charge < -0.3 is 20.9 Å². The molecule has 1 aliphatic carbocycles. The van der Waals surface area contributed by atoms with E-state index in [4.69, 9.17) is 4.98 Å². The molecule has 7 heteroatoms. The number of nitrogens with zero attached hydrogens (tertiary/aromatic N) is 4. The van der Waals surface area contributed by atoms with E-state index in [2.05, 4.69) is 49.0 Å². The summed E-state index contributed by atoms with van der Waals surface area (Å²) in [6.45, 7) is 4.03. The highest BCUT2D eigenvalue weighted by molar-refractivity contribution is 5.90. The third-order valence-electron chi connectivity index (χ3n) is 4.99. The van der Waals surface area contributed by atoms with Crippen LogP contribution < -0.4 is 20.9 Å². The van der Waals surface area contributed by atoms with Crippen LogP contribution in [0.5, 0.6) is 0 Å². The Morgan fingerprint density at radius 1 is 1.04 bits per heavy atom. The molecule has 0 radical (unpaired) electrons. The maximum absolute atomic E-state index is 4.72. The van der Waals surface area contributed by atoms with E-state index < -0.39 is 0 Å². The van der Waals surface area contributed by atoms with Gasteiger partial charge in [-0.25, -0.2) is 9.97 Å². The van der Waals surface area contributed by atoms with Crippen molar-refractivity contribution in [3.63, 3.8) is 0 Å². The number of nitrogens with one attached hydrogen (secondary N) is 3. The molecule has 138 valence electrons. The quantitative estimate of drug-likeness (QED) is 0.645. The van der Waals surface area contributed by atoms with Gasteiger partial charge in [0.2, 0.25) is 5.95 Å². The Balaban J connectivity index is 1.44. The fourth-order valence-corrected chi connectivity index (χ4v) is 3.39. The van der Waals surface area contributed by atoms with Crippen LogP contribution in [0.25, 0.3) is 10.9 Å². The normalized spacial score (nSPS) is 17.1. The number of anilines is 4. The summed E-state index contributed by atoms with van der Waals surface area (Å²) in [6.07, 6.45) is 4.24. The summed E-state index contributed by atoms with van der Waals surface area (Å²) in [7, 11) is 0. The molecule has 0 bridgehead atoms. The lowest BCUT2D eigenvalue weighted by molar-refractivity contribution is 0.589. The third kappa shape index (κ3) is 3.64. The van der Waals surface area contributed by atoms with Gasteiger partial charge in [-0.15, -0.1) is 0 Å². The topological polar surface area (TPSA) is 78.0 Å². The van der Waals surface area contributed by atoms with Gasteiger partial charge in [-0.05, 0) is 31.0 Å². The van der Waals surface area contributed by atoms with Crippen LogP contribution in [0.4, 0.5) is 23.3 Å². The lowest BCUT2D eigenvalue weighted by Gasteiger charge is -2.29. The van der Waals surface area contributed by atoms with Crippen LogP contribution >= 0.6 is 0 Å². The first-order valence-electron chi connectivity index (χ1n) is 9.57. The first-order chi connectivity index (χ1) is 13.3. The number of aromatic nitrogens is 3. The molecule has 0 atom stereocenters. The summed E-state index contributed by atoms with van der Waals surface area (Å²) in [5.74, 6) is 2.23. The fourth-order valence-electron chi connectivity index (χ4n) is 3.39. The second-order valence-electron chi connectivity index (χ2n) is 7.09. The van der Waals surface area contributed by atoms with Gasteiger partial charge >= 0.3 is 0 Å². The highest BCUT2D eigenvalue weighted by Gasteiger charge is 2.23. The van der Waals surface area contributed by atoms with Crippen molar-refractivity contribution < 1.29 is 0 Å². The molecule has 2 fully saturated rings. The molecule has 1 saturated carbocycles. The minimum Gasteiger partial charge on any atom is -0.369 e. The van der Waals surface area contributed by atoms with E-state index in [0.717, 1.165) is 48.7 Å². The Bertz CT molecular complexity index is 948. The Hall–Kier alpha value is -2.93. The maximum atomic E-state index is 4.72. The highest BCUT2D eigenvalue weighted by atomic mass is 15.2. The number of rotatable bonds is 5. The second kappa shape index (κ2) is 7.00. The zero-order chi connectivity index (χ0) is 18.1. The monoisotopic (exact) mass is 361 g/mol. The van der Waals surface area contributed by atoms with Crippen molar-refractivity contribution in [3.05, 3.63) is 42.6 Å². The van der Waals surface area contributed by atoms with E-state index >= 15 is 0 Å². The van der Waals surface area contributed by atoms with Crippen LogP contribution in [0.1, 0.15) is 12.8 Å². The van der Waals surface area contributed by atoms with E-state index in [0.29, 0.717) is 12.0 Å². The lowest BCUT2D eigenvalue weighted by Crippen LogP contribution is -2.43. The summed E-state index contributed by atoms with van der Waals surface area (Å²) < 4.78 is 0. The van der Waals surface area contributed by atoms with Crippen LogP contribution in [-0.4, -0.2) is 47.2 Å². The fraction of sp³-hybridized carbons (Fsp3) is 0.350. The minimum atomic E-state index is 0.533. The van der Waals surface area contributed by atoms with Gasteiger partial charge in [0.15, 0.2) is 0 Å². The van der Waals surface area contributed by atoms with Crippen LogP contribution in [-0.2, 0) is 0 Å². The molecule has 1 aromatic carbocycles. The van der Waals surface area contributed by atoms with Gasteiger partial charge in [-0.1, -0.05) is 12.1 Å². The van der Waals surface area contributed by atoms with Gasteiger partial charge in [-0.2, -0.15) is 4.98 Å². The number of piperazine rings is 1. The maximum Gasteiger partial charge on any atom is 0.230 e. The van der Waals surface area contributed by atoms with Crippen LogP contribution in [0, 0.1) is 0 Å². The van der Waals surface area contributed by atoms with E-state index in [1.54, 1.807) is 0 Å². The molecule has 0 unspecified atom stereocenters. The molecule has 3 aromatic rings. The van der Waals surface area contributed by atoms with Gasteiger partial charge in [0.25, 0.3) is 0 Å². The molecule has 27 heavy (non-hydrogen) atoms. The summed E-state index contributed by atoms with van der Waals surface area (Å²) in [5.41, 5.74) is 2.10. The molecule has 5 rings (SSSR count). The van der Waals surface area contributed by atoms with E-state index in [1.807, 2.05) is 24.4 Å². The molecule has 3 heterocycles. The van der Waals surface area contributed by atoms with Gasteiger partial charge in [0.05, 0.1) is 5.52 Å². The third-order valence-corrected chi connectivity index (χ3v) is 4.99. The molecule has 7 nitrogen and oxygen atoms in total. The second-order valence-corrected chi connectivity index (χ2v) is 7.09. The van der Waals surface area contributed by atoms with Crippen LogP contribution in [0.15, 0.2) is 42.6 Å². The van der Waals surface area contributed by atoms with Crippen molar-refractivity contribution in [1.82, 2.24) is 20.3 Å². The first-order valence-corrected chi connectivity index (χ1v) is 9.57. The van der Waals surface area contributed by atoms with Crippen molar-refractivity contribution in [2.45, 2.75) is 18.9 Å². The molecule has 0 amide bonds. The van der Waals surface area contributed by atoms with Crippen molar-refractivity contribution in [2.24, 2.45) is 0 Å². The van der Waals surface area contributed by atoms with Crippen molar-refractivity contribution in [1.29, 1.82) is 0 Å². The van der Waals surface area contributed by atoms with E-state index in [9.17, 15) is 0 Å². The zero-order valence-corrected chi connectivity index (χ0v) is 15.2. The number of para-hydroxylation sites is 1. The Labute approximate surface area is 158 Å². The molecule has 1 saturated heterocycles. The largest absolute Gasteiger partial charge is 0.369 e. The molecule has 2 aliphatic rings.